The van der Waals surface area contributed by atoms with E-state index in [1.165, 1.54) is 15.9 Å². The Morgan fingerprint density at radius 3 is 2.87 bits per heavy atom. The fourth-order valence-corrected chi connectivity index (χ4v) is 5.68. The predicted octanol–water partition coefficient (Wildman–Crippen LogP) is 4.73. The SMILES string of the molecule is CCOC(=O)C1CCCN(C(c2ccc(Cl)cc2Cl)c2sc3nc(CC)nn3c2O)C1. The quantitative estimate of drug-likeness (QED) is 0.511. The number of nitrogens with zero attached hydrogens (tertiary/aromatic N) is 4. The van der Waals surface area contributed by atoms with Crippen molar-refractivity contribution in [3.05, 3.63) is 44.5 Å². The van der Waals surface area contributed by atoms with Crippen LogP contribution in [0.1, 0.15) is 49.0 Å². The van der Waals surface area contributed by atoms with Gasteiger partial charge >= 0.3 is 5.97 Å². The van der Waals surface area contributed by atoms with Gasteiger partial charge in [0.2, 0.25) is 10.8 Å². The molecule has 1 aliphatic heterocycles. The molecule has 166 valence electrons. The maximum Gasteiger partial charge on any atom is 0.310 e. The lowest BCUT2D eigenvalue weighted by atomic mass is 9.94. The van der Waals surface area contributed by atoms with Crippen molar-refractivity contribution in [2.45, 2.75) is 39.2 Å². The number of likely N-dealkylation sites (tertiary alicyclic amines) is 1. The van der Waals surface area contributed by atoms with Gasteiger partial charge in [0.25, 0.3) is 0 Å². The molecule has 1 N–H and O–H groups in total. The van der Waals surface area contributed by atoms with E-state index >= 15 is 0 Å². The van der Waals surface area contributed by atoms with Crippen LogP contribution in [0.5, 0.6) is 5.88 Å². The number of carbonyl (C=O) groups is 1. The van der Waals surface area contributed by atoms with Gasteiger partial charge in [0.05, 0.1) is 23.4 Å². The molecular weight excluding hydrogens is 459 g/mol. The van der Waals surface area contributed by atoms with E-state index in [0.717, 1.165) is 24.9 Å². The Kier molecular flexibility index (Phi) is 6.71. The highest BCUT2D eigenvalue weighted by Crippen LogP contribution is 2.43. The van der Waals surface area contributed by atoms with Crippen LogP contribution in [-0.4, -0.2) is 50.3 Å². The maximum absolute atomic E-state index is 12.4. The number of rotatable bonds is 6. The molecule has 3 heterocycles. The van der Waals surface area contributed by atoms with Crippen molar-refractivity contribution in [3.8, 4) is 5.88 Å². The molecule has 0 saturated carbocycles. The Labute approximate surface area is 194 Å². The third-order valence-corrected chi connectivity index (χ3v) is 7.14. The molecule has 3 aromatic rings. The number of benzene rings is 1. The molecule has 0 bridgehead atoms. The van der Waals surface area contributed by atoms with Gasteiger partial charge in [-0.1, -0.05) is 47.5 Å². The Balaban J connectivity index is 1.78. The molecule has 1 fully saturated rings. The van der Waals surface area contributed by atoms with E-state index in [1.54, 1.807) is 12.1 Å². The molecule has 2 unspecified atom stereocenters. The van der Waals surface area contributed by atoms with Gasteiger partial charge in [-0.05, 0) is 44.0 Å². The molecule has 4 rings (SSSR count). The van der Waals surface area contributed by atoms with Gasteiger partial charge < -0.3 is 9.84 Å². The fourth-order valence-electron chi connectivity index (χ4n) is 4.04. The van der Waals surface area contributed by atoms with Crippen molar-refractivity contribution in [1.82, 2.24) is 19.5 Å². The summed E-state index contributed by atoms with van der Waals surface area (Å²) in [7, 11) is 0. The average molecular weight is 483 g/mol. The van der Waals surface area contributed by atoms with Crippen LogP contribution in [0.4, 0.5) is 0 Å². The molecule has 10 heteroatoms. The summed E-state index contributed by atoms with van der Waals surface area (Å²) in [5.41, 5.74) is 0.811. The highest BCUT2D eigenvalue weighted by Gasteiger charge is 2.36. The summed E-state index contributed by atoms with van der Waals surface area (Å²) >= 11 is 14.1. The molecule has 0 spiro atoms. The summed E-state index contributed by atoms with van der Waals surface area (Å²) in [6, 6.07) is 4.99. The van der Waals surface area contributed by atoms with Gasteiger partial charge in [-0.15, -0.1) is 5.10 Å². The minimum absolute atomic E-state index is 0.0430. The summed E-state index contributed by atoms with van der Waals surface area (Å²) in [6.07, 6.45) is 2.30. The molecule has 7 nitrogen and oxygen atoms in total. The van der Waals surface area contributed by atoms with E-state index < -0.39 is 0 Å². The van der Waals surface area contributed by atoms with Crippen LogP contribution < -0.4 is 0 Å². The maximum atomic E-state index is 12.4. The van der Waals surface area contributed by atoms with Crippen LogP contribution in [0.25, 0.3) is 4.96 Å². The number of esters is 1. The van der Waals surface area contributed by atoms with Crippen molar-refractivity contribution >= 4 is 45.5 Å². The number of thiazole rings is 1. The van der Waals surface area contributed by atoms with E-state index in [1.807, 2.05) is 19.9 Å². The summed E-state index contributed by atoms with van der Waals surface area (Å²) in [5.74, 6) is 0.307. The summed E-state index contributed by atoms with van der Waals surface area (Å²) < 4.78 is 6.74. The van der Waals surface area contributed by atoms with E-state index in [9.17, 15) is 9.90 Å². The van der Waals surface area contributed by atoms with Gasteiger partial charge in [-0.2, -0.15) is 4.52 Å². The first-order valence-electron chi connectivity index (χ1n) is 10.4. The molecule has 31 heavy (non-hydrogen) atoms. The van der Waals surface area contributed by atoms with Gasteiger partial charge in [0, 0.05) is 23.0 Å². The molecule has 0 radical (unpaired) electrons. The Bertz CT molecular complexity index is 1100. The highest BCUT2D eigenvalue weighted by atomic mass is 35.5. The largest absolute Gasteiger partial charge is 0.492 e. The summed E-state index contributed by atoms with van der Waals surface area (Å²) in [6.45, 7) is 5.40. The number of ether oxygens (including phenoxy) is 1. The fraction of sp³-hybridized carbons (Fsp3) is 0.476. The number of piperidine rings is 1. The molecular formula is C21H24Cl2N4O3S. The Hall–Kier alpha value is -1.87. The first kappa shape index (κ1) is 22.3. The Morgan fingerprint density at radius 1 is 1.39 bits per heavy atom. The predicted molar refractivity (Wildman–Crippen MR) is 121 cm³/mol. The number of carbonyl (C=O) groups excluding carboxylic acids is 1. The number of aromatic nitrogens is 3. The normalized spacial score (nSPS) is 18.4. The van der Waals surface area contributed by atoms with Gasteiger partial charge in [-0.25, -0.2) is 4.98 Å². The van der Waals surface area contributed by atoms with Crippen molar-refractivity contribution < 1.29 is 14.6 Å². The monoisotopic (exact) mass is 482 g/mol. The second kappa shape index (κ2) is 9.32. The van der Waals surface area contributed by atoms with E-state index in [-0.39, 0.29) is 23.8 Å². The van der Waals surface area contributed by atoms with Crippen molar-refractivity contribution in [2.24, 2.45) is 5.92 Å². The van der Waals surface area contributed by atoms with E-state index in [0.29, 0.717) is 45.3 Å². The minimum Gasteiger partial charge on any atom is -0.492 e. The first-order chi connectivity index (χ1) is 14.9. The molecule has 0 amide bonds. The molecule has 2 aromatic heterocycles. The first-order valence-corrected chi connectivity index (χ1v) is 11.9. The third-order valence-electron chi connectivity index (χ3n) is 5.50. The van der Waals surface area contributed by atoms with Gasteiger partial charge in [0.15, 0.2) is 5.82 Å². The zero-order valence-electron chi connectivity index (χ0n) is 17.3. The third kappa shape index (κ3) is 4.39. The van der Waals surface area contributed by atoms with Crippen LogP contribution in [0.3, 0.4) is 0 Å². The molecule has 0 aliphatic carbocycles. The lowest BCUT2D eigenvalue weighted by Gasteiger charge is -2.37. The second-order valence-electron chi connectivity index (χ2n) is 7.52. The zero-order chi connectivity index (χ0) is 22.1. The van der Waals surface area contributed by atoms with Gasteiger partial charge in [-0.3, -0.25) is 9.69 Å². The molecule has 1 saturated heterocycles. The van der Waals surface area contributed by atoms with Crippen LogP contribution in [0, 0.1) is 5.92 Å². The van der Waals surface area contributed by atoms with E-state index in [2.05, 4.69) is 15.0 Å². The molecule has 1 aliphatic rings. The standard InChI is InChI=1S/C21H24Cl2N4O3S/c1-3-16-24-21-27(25-16)19(28)18(31-21)17(14-8-7-13(22)10-15(14)23)26-9-5-6-12(11-26)20(29)30-4-2/h7-8,10,12,17,28H,3-6,9,11H2,1-2H3. The lowest BCUT2D eigenvalue weighted by Crippen LogP contribution is -2.41. The van der Waals surface area contributed by atoms with Crippen molar-refractivity contribution in [3.63, 3.8) is 0 Å². The number of halogens is 2. The van der Waals surface area contributed by atoms with Crippen molar-refractivity contribution in [2.75, 3.05) is 19.7 Å². The van der Waals surface area contributed by atoms with Crippen molar-refractivity contribution in [1.29, 1.82) is 0 Å². The topological polar surface area (TPSA) is 80.0 Å². The lowest BCUT2D eigenvalue weighted by molar-refractivity contribution is -0.150. The second-order valence-corrected chi connectivity index (χ2v) is 9.37. The highest BCUT2D eigenvalue weighted by molar-refractivity contribution is 7.17. The van der Waals surface area contributed by atoms with Crippen LogP contribution in [0.15, 0.2) is 18.2 Å². The number of hydrogen-bond acceptors (Lipinski definition) is 7. The zero-order valence-corrected chi connectivity index (χ0v) is 19.7. The summed E-state index contributed by atoms with van der Waals surface area (Å²) in [5, 5.41) is 16.5. The average Bonchev–Trinajstić information content (AvgIpc) is 3.29. The summed E-state index contributed by atoms with van der Waals surface area (Å²) in [4.78, 5) is 20.4. The minimum atomic E-state index is -0.361. The number of aryl methyl sites for hydroxylation is 1. The number of aromatic hydroxyl groups is 1. The van der Waals surface area contributed by atoms with Crippen LogP contribution in [-0.2, 0) is 16.0 Å². The molecule has 2 atom stereocenters. The van der Waals surface area contributed by atoms with E-state index in [4.69, 9.17) is 27.9 Å². The van der Waals surface area contributed by atoms with Crippen LogP contribution >= 0.6 is 34.5 Å². The van der Waals surface area contributed by atoms with Crippen LogP contribution in [0.2, 0.25) is 10.0 Å². The number of hydrogen-bond donors (Lipinski definition) is 1. The number of fused-ring (bicyclic) bond motifs is 1. The smallest absolute Gasteiger partial charge is 0.310 e. The van der Waals surface area contributed by atoms with Gasteiger partial charge in [0.1, 0.15) is 0 Å². The Morgan fingerprint density at radius 2 is 2.19 bits per heavy atom. The molecule has 1 aromatic carbocycles.